The van der Waals surface area contributed by atoms with Crippen molar-refractivity contribution >= 4 is 11.4 Å². The summed E-state index contributed by atoms with van der Waals surface area (Å²) in [5.74, 6) is 0.00208. The monoisotopic (exact) mass is 212 g/mol. The second kappa shape index (κ2) is 3.68. The van der Waals surface area contributed by atoms with Gasteiger partial charge in [-0.05, 0) is 24.3 Å². The van der Waals surface area contributed by atoms with E-state index < -0.39 is 11.6 Å². The third kappa shape index (κ3) is 2.19. The van der Waals surface area contributed by atoms with E-state index in [4.69, 9.17) is 5.73 Å². The zero-order valence-corrected chi connectivity index (χ0v) is 8.56. The molecule has 82 valence electrons. The molecule has 15 heavy (non-hydrogen) atoms. The summed E-state index contributed by atoms with van der Waals surface area (Å²) in [6.45, 7) is 2.89. The quantitative estimate of drug-likeness (QED) is 0.756. The molecule has 0 heterocycles. The first-order valence-electron chi connectivity index (χ1n) is 5.06. The molecule has 1 aliphatic rings. The van der Waals surface area contributed by atoms with Gasteiger partial charge in [0.1, 0.15) is 5.82 Å². The average molecular weight is 212 g/mol. The SMILES string of the molecule is CC1CC1CNc1cc(F)cc(F)c1N. The summed E-state index contributed by atoms with van der Waals surface area (Å²) in [6.07, 6.45) is 1.17. The van der Waals surface area contributed by atoms with E-state index >= 15 is 0 Å². The molecule has 0 spiro atoms. The van der Waals surface area contributed by atoms with Gasteiger partial charge >= 0.3 is 0 Å². The van der Waals surface area contributed by atoms with Gasteiger partial charge in [-0.15, -0.1) is 0 Å². The Morgan fingerprint density at radius 3 is 2.73 bits per heavy atom. The van der Waals surface area contributed by atoms with E-state index in [1.807, 2.05) is 0 Å². The Hall–Kier alpha value is -1.32. The maximum Gasteiger partial charge on any atom is 0.151 e. The van der Waals surface area contributed by atoms with Crippen molar-refractivity contribution < 1.29 is 8.78 Å². The molecule has 1 fully saturated rings. The van der Waals surface area contributed by atoms with E-state index in [0.717, 1.165) is 12.6 Å². The van der Waals surface area contributed by atoms with Crippen LogP contribution in [0.25, 0.3) is 0 Å². The van der Waals surface area contributed by atoms with Crippen LogP contribution in [0.15, 0.2) is 12.1 Å². The minimum atomic E-state index is -0.707. The zero-order chi connectivity index (χ0) is 11.0. The summed E-state index contributed by atoms with van der Waals surface area (Å²) in [7, 11) is 0. The van der Waals surface area contributed by atoms with Crippen LogP contribution in [-0.4, -0.2) is 6.54 Å². The molecule has 1 aromatic carbocycles. The first-order valence-corrected chi connectivity index (χ1v) is 5.06. The lowest BCUT2D eigenvalue weighted by molar-refractivity contribution is 0.587. The predicted molar refractivity (Wildman–Crippen MR) is 56.5 cm³/mol. The molecule has 2 rings (SSSR count). The first-order chi connectivity index (χ1) is 7.08. The second-order valence-electron chi connectivity index (χ2n) is 4.20. The maximum absolute atomic E-state index is 13.1. The average Bonchev–Trinajstić information content (AvgIpc) is 2.86. The Balaban J connectivity index is 2.06. The van der Waals surface area contributed by atoms with Gasteiger partial charge in [0.05, 0.1) is 11.4 Å². The highest BCUT2D eigenvalue weighted by atomic mass is 19.1. The Kier molecular flexibility index (Phi) is 2.50. The molecule has 2 atom stereocenters. The third-order valence-electron chi connectivity index (χ3n) is 2.93. The van der Waals surface area contributed by atoms with E-state index in [9.17, 15) is 8.78 Å². The van der Waals surface area contributed by atoms with E-state index in [1.54, 1.807) is 0 Å². The highest BCUT2D eigenvalue weighted by Gasteiger charge is 2.32. The van der Waals surface area contributed by atoms with Crippen molar-refractivity contribution in [2.24, 2.45) is 11.8 Å². The number of hydrogen-bond donors (Lipinski definition) is 2. The Bertz CT molecular complexity index is 379. The predicted octanol–water partition coefficient (Wildman–Crippen LogP) is 2.61. The van der Waals surface area contributed by atoms with E-state index in [-0.39, 0.29) is 5.69 Å². The molecule has 3 N–H and O–H groups in total. The molecule has 0 amide bonds. The molecule has 1 saturated carbocycles. The molecule has 0 bridgehead atoms. The molecule has 0 aliphatic heterocycles. The maximum atomic E-state index is 13.1. The lowest BCUT2D eigenvalue weighted by atomic mass is 10.2. The van der Waals surface area contributed by atoms with Gasteiger partial charge in [0.25, 0.3) is 0 Å². The van der Waals surface area contributed by atoms with Gasteiger partial charge in [-0.3, -0.25) is 0 Å². The van der Waals surface area contributed by atoms with Crippen LogP contribution in [0.3, 0.4) is 0 Å². The number of nitrogen functional groups attached to an aromatic ring is 1. The Labute approximate surface area is 87.5 Å². The van der Waals surface area contributed by atoms with Gasteiger partial charge < -0.3 is 11.1 Å². The van der Waals surface area contributed by atoms with Crippen molar-refractivity contribution in [1.82, 2.24) is 0 Å². The largest absolute Gasteiger partial charge is 0.395 e. The topological polar surface area (TPSA) is 38.0 Å². The minimum Gasteiger partial charge on any atom is -0.395 e. The summed E-state index contributed by atoms with van der Waals surface area (Å²) in [6, 6.07) is 2.02. The van der Waals surface area contributed by atoms with Crippen molar-refractivity contribution in [3.05, 3.63) is 23.8 Å². The van der Waals surface area contributed by atoms with Crippen molar-refractivity contribution in [2.45, 2.75) is 13.3 Å². The van der Waals surface area contributed by atoms with Gasteiger partial charge in [-0.1, -0.05) is 6.92 Å². The van der Waals surface area contributed by atoms with Crippen LogP contribution in [0.1, 0.15) is 13.3 Å². The van der Waals surface area contributed by atoms with Gasteiger partial charge in [0.15, 0.2) is 5.82 Å². The first kappa shape index (κ1) is 10.2. The number of benzene rings is 1. The highest BCUT2D eigenvalue weighted by Crippen LogP contribution is 2.38. The number of hydrogen-bond acceptors (Lipinski definition) is 2. The minimum absolute atomic E-state index is 0.00953. The fourth-order valence-corrected chi connectivity index (χ4v) is 1.66. The van der Waals surface area contributed by atoms with Gasteiger partial charge in [0.2, 0.25) is 0 Å². The molecule has 4 heteroatoms. The summed E-state index contributed by atoms with van der Waals surface area (Å²) in [5, 5.41) is 2.98. The number of anilines is 2. The molecule has 1 aromatic rings. The number of rotatable bonds is 3. The molecule has 2 unspecified atom stereocenters. The van der Waals surface area contributed by atoms with E-state index in [0.29, 0.717) is 17.5 Å². The molecular weight excluding hydrogens is 198 g/mol. The van der Waals surface area contributed by atoms with Crippen LogP contribution in [0.5, 0.6) is 0 Å². The number of nitrogens with two attached hydrogens (primary N) is 1. The number of halogens is 2. The lowest BCUT2D eigenvalue weighted by Crippen LogP contribution is -2.08. The summed E-state index contributed by atoms with van der Waals surface area (Å²) < 4.78 is 25.9. The summed E-state index contributed by atoms with van der Waals surface area (Å²) in [5.41, 5.74) is 5.83. The van der Waals surface area contributed by atoms with Crippen LogP contribution in [0.2, 0.25) is 0 Å². The van der Waals surface area contributed by atoms with Gasteiger partial charge in [-0.2, -0.15) is 0 Å². The molecule has 0 radical (unpaired) electrons. The van der Waals surface area contributed by atoms with Gasteiger partial charge in [0, 0.05) is 12.6 Å². The summed E-state index contributed by atoms with van der Waals surface area (Å²) in [4.78, 5) is 0. The highest BCUT2D eigenvalue weighted by molar-refractivity contribution is 5.66. The normalized spacial score (nSPS) is 23.9. The standard InChI is InChI=1S/C11H14F2N2/c1-6-2-7(6)5-15-10-4-8(12)3-9(13)11(10)14/h3-4,6-7,15H,2,5,14H2,1H3. The van der Waals surface area contributed by atoms with Crippen molar-refractivity contribution in [3.63, 3.8) is 0 Å². The Morgan fingerprint density at radius 1 is 1.47 bits per heavy atom. The Morgan fingerprint density at radius 2 is 2.13 bits per heavy atom. The molecule has 2 nitrogen and oxygen atoms in total. The lowest BCUT2D eigenvalue weighted by Gasteiger charge is -2.09. The second-order valence-corrected chi connectivity index (χ2v) is 4.20. The van der Waals surface area contributed by atoms with Crippen LogP contribution in [0, 0.1) is 23.5 Å². The number of nitrogens with one attached hydrogen (secondary N) is 1. The van der Waals surface area contributed by atoms with E-state index in [2.05, 4.69) is 12.2 Å². The van der Waals surface area contributed by atoms with E-state index in [1.165, 1.54) is 12.5 Å². The van der Waals surface area contributed by atoms with Crippen molar-refractivity contribution in [2.75, 3.05) is 17.6 Å². The molecule has 1 aliphatic carbocycles. The molecular formula is C11H14F2N2. The fraction of sp³-hybridized carbons (Fsp3) is 0.455. The van der Waals surface area contributed by atoms with Crippen molar-refractivity contribution in [3.8, 4) is 0 Å². The van der Waals surface area contributed by atoms with Crippen LogP contribution in [0.4, 0.5) is 20.2 Å². The molecule has 0 saturated heterocycles. The van der Waals surface area contributed by atoms with Crippen LogP contribution >= 0.6 is 0 Å². The van der Waals surface area contributed by atoms with Crippen LogP contribution in [-0.2, 0) is 0 Å². The fourth-order valence-electron chi connectivity index (χ4n) is 1.66. The zero-order valence-electron chi connectivity index (χ0n) is 8.56. The smallest absolute Gasteiger partial charge is 0.151 e. The summed E-state index contributed by atoms with van der Waals surface area (Å²) >= 11 is 0. The van der Waals surface area contributed by atoms with Gasteiger partial charge in [-0.25, -0.2) is 8.78 Å². The molecule has 0 aromatic heterocycles. The van der Waals surface area contributed by atoms with Crippen molar-refractivity contribution in [1.29, 1.82) is 0 Å². The third-order valence-corrected chi connectivity index (χ3v) is 2.93. The van der Waals surface area contributed by atoms with Crippen LogP contribution < -0.4 is 11.1 Å².